The number of ether oxygens (including phenoxy) is 1. The SMILES string of the molecule is CCOC(=O)c1ccc(-n2c(=O)n(C(=O)c3c(Cl)cccc3C(F)(F)F)c3ccccc32)c(F)c1. The van der Waals surface area contributed by atoms with Gasteiger partial charge in [0.15, 0.2) is 0 Å². The predicted molar refractivity (Wildman–Crippen MR) is 120 cm³/mol. The molecule has 1 aromatic heterocycles. The highest BCUT2D eigenvalue weighted by Crippen LogP contribution is 2.35. The molecule has 4 rings (SSSR count). The van der Waals surface area contributed by atoms with Gasteiger partial charge in [-0.2, -0.15) is 13.2 Å². The molecule has 0 aliphatic heterocycles. The number of fused-ring (bicyclic) bond motifs is 1. The molecule has 0 atom stereocenters. The maximum atomic E-state index is 15.0. The molecular weight excluding hydrogens is 492 g/mol. The summed E-state index contributed by atoms with van der Waals surface area (Å²) in [4.78, 5) is 38.6. The molecule has 0 radical (unpaired) electrons. The van der Waals surface area contributed by atoms with Gasteiger partial charge >= 0.3 is 17.8 Å². The quantitative estimate of drug-likeness (QED) is 0.272. The molecule has 0 N–H and O–H groups in total. The van der Waals surface area contributed by atoms with E-state index < -0.39 is 45.7 Å². The second kappa shape index (κ2) is 9.03. The summed E-state index contributed by atoms with van der Waals surface area (Å²) in [7, 11) is 0. The Hall–Kier alpha value is -3.92. The van der Waals surface area contributed by atoms with E-state index in [1.807, 2.05) is 0 Å². The van der Waals surface area contributed by atoms with Gasteiger partial charge < -0.3 is 4.74 Å². The average molecular weight is 507 g/mol. The first-order valence-electron chi connectivity index (χ1n) is 10.2. The van der Waals surface area contributed by atoms with Crippen molar-refractivity contribution in [1.82, 2.24) is 9.13 Å². The molecular formula is C24H15ClF4N2O4. The molecule has 0 spiro atoms. The number of rotatable bonds is 4. The van der Waals surface area contributed by atoms with Crippen LogP contribution in [0.5, 0.6) is 0 Å². The van der Waals surface area contributed by atoms with E-state index in [1.54, 1.807) is 6.92 Å². The summed E-state index contributed by atoms with van der Waals surface area (Å²) in [5.74, 6) is -3.09. The number of halogens is 5. The zero-order chi connectivity index (χ0) is 25.5. The van der Waals surface area contributed by atoms with Crippen molar-refractivity contribution < 1.29 is 31.9 Å². The van der Waals surface area contributed by atoms with Crippen molar-refractivity contribution in [3.05, 3.63) is 98.7 Å². The minimum Gasteiger partial charge on any atom is -0.462 e. The normalized spacial score (nSPS) is 11.6. The van der Waals surface area contributed by atoms with Crippen LogP contribution in [-0.4, -0.2) is 27.6 Å². The second-order valence-corrected chi connectivity index (χ2v) is 7.70. The number of carbonyl (C=O) groups is 2. The number of para-hydroxylation sites is 2. The number of hydrogen-bond donors (Lipinski definition) is 0. The molecule has 0 aliphatic rings. The van der Waals surface area contributed by atoms with E-state index in [2.05, 4.69) is 0 Å². The predicted octanol–water partition coefficient (Wildman–Crippen LogP) is 5.47. The largest absolute Gasteiger partial charge is 0.462 e. The van der Waals surface area contributed by atoms with E-state index in [0.717, 1.165) is 28.8 Å². The Balaban J connectivity index is 1.96. The maximum absolute atomic E-state index is 15.0. The first kappa shape index (κ1) is 24.2. The zero-order valence-electron chi connectivity index (χ0n) is 17.9. The van der Waals surface area contributed by atoms with Crippen LogP contribution in [0.2, 0.25) is 5.02 Å². The van der Waals surface area contributed by atoms with Crippen LogP contribution in [0.15, 0.2) is 65.5 Å². The van der Waals surface area contributed by atoms with Crippen LogP contribution in [0.25, 0.3) is 16.7 Å². The number of hydrogen-bond acceptors (Lipinski definition) is 4. The molecule has 0 fully saturated rings. The molecule has 0 amide bonds. The number of carbonyl (C=O) groups excluding carboxylic acids is 2. The second-order valence-electron chi connectivity index (χ2n) is 7.29. The van der Waals surface area contributed by atoms with Gasteiger partial charge in [0, 0.05) is 0 Å². The molecule has 1 heterocycles. The fourth-order valence-electron chi connectivity index (χ4n) is 3.70. The van der Waals surface area contributed by atoms with Gasteiger partial charge in [-0.15, -0.1) is 0 Å². The summed E-state index contributed by atoms with van der Waals surface area (Å²) in [5, 5.41) is -0.501. The molecule has 0 saturated carbocycles. The third-order valence-corrected chi connectivity index (χ3v) is 5.50. The minimum atomic E-state index is -4.92. The fourth-order valence-corrected chi connectivity index (χ4v) is 3.95. The van der Waals surface area contributed by atoms with Gasteiger partial charge in [-0.25, -0.2) is 18.5 Å². The first-order valence-corrected chi connectivity index (χ1v) is 10.5. The van der Waals surface area contributed by atoms with E-state index in [1.165, 1.54) is 30.3 Å². The number of benzene rings is 3. The van der Waals surface area contributed by atoms with Gasteiger partial charge in [0.05, 0.1) is 45.0 Å². The van der Waals surface area contributed by atoms with Crippen LogP contribution < -0.4 is 5.69 Å². The van der Waals surface area contributed by atoms with Gasteiger partial charge in [0.1, 0.15) is 5.82 Å². The van der Waals surface area contributed by atoms with Gasteiger partial charge in [-0.3, -0.25) is 9.36 Å². The Kier molecular flexibility index (Phi) is 6.25. The summed E-state index contributed by atoms with van der Waals surface area (Å²) >= 11 is 5.96. The summed E-state index contributed by atoms with van der Waals surface area (Å²) in [6.07, 6.45) is -4.92. The van der Waals surface area contributed by atoms with Gasteiger partial charge in [0.25, 0.3) is 5.91 Å². The van der Waals surface area contributed by atoms with Crippen LogP contribution >= 0.6 is 11.6 Å². The Morgan fingerprint density at radius 3 is 2.31 bits per heavy atom. The number of esters is 1. The Labute approximate surface area is 199 Å². The number of aromatic nitrogens is 2. The van der Waals surface area contributed by atoms with E-state index in [0.29, 0.717) is 10.6 Å². The molecule has 0 bridgehead atoms. The highest BCUT2D eigenvalue weighted by atomic mass is 35.5. The molecule has 35 heavy (non-hydrogen) atoms. The smallest absolute Gasteiger partial charge is 0.417 e. The summed E-state index contributed by atoms with van der Waals surface area (Å²) in [6.45, 7) is 1.65. The molecule has 6 nitrogen and oxygen atoms in total. The third-order valence-electron chi connectivity index (χ3n) is 5.18. The first-order chi connectivity index (χ1) is 16.6. The number of nitrogens with zero attached hydrogens (tertiary/aromatic N) is 2. The van der Waals surface area contributed by atoms with Gasteiger partial charge in [-0.05, 0) is 49.4 Å². The topological polar surface area (TPSA) is 70.3 Å². The van der Waals surface area contributed by atoms with Crippen LogP contribution in [0.4, 0.5) is 17.6 Å². The lowest BCUT2D eigenvalue weighted by Gasteiger charge is -2.13. The maximum Gasteiger partial charge on any atom is 0.417 e. The van der Waals surface area contributed by atoms with Crippen molar-refractivity contribution in [2.24, 2.45) is 0 Å². The molecule has 11 heteroatoms. The summed E-state index contributed by atoms with van der Waals surface area (Å²) < 4.78 is 62.0. The van der Waals surface area contributed by atoms with E-state index >= 15 is 4.39 Å². The van der Waals surface area contributed by atoms with Crippen molar-refractivity contribution in [1.29, 1.82) is 0 Å². The van der Waals surface area contributed by atoms with E-state index in [9.17, 15) is 27.6 Å². The highest BCUT2D eigenvalue weighted by Gasteiger charge is 2.37. The van der Waals surface area contributed by atoms with Crippen LogP contribution in [-0.2, 0) is 10.9 Å². The van der Waals surface area contributed by atoms with Gasteiger partial charge in [0.2, 0.25) is 0 Å². The fraction of sp³-hybridized carbons (Fsp3) is 0.125. The highest BCUT2D eigenvalue weighted by molar-refractivity contribution is 6.34. The molecule has 0 aliphatic carbocycles. The van der Waals surface area contributed by atoms with E-state index in [4.69, 9.17) is 16.3 Å². The molecule has 3 aromatic carbocycles. The Morgan fingerprint density at radius 1 is 1.00 bits per heavy atom. The Bertz CT molecular complexity index is 1540. The van der Waals surface area contributed by atoms with Crippen LogP contribution in [0.3, 0.4) is 0 Å². The van der Waals surface area contributed by atoms with Crippen molar-refractivity contribution in [3.63, 3.8) is 0 Å². The van der Waals surface area contributed by atoms with Crippen LogP contribution in [0, 0.1) is 5.82 Å². The molecule has 180 valence electrons. The van der Waals surface area contributed by atoms with Crippen molar-refractivity contribution >= 4 is 34.5 Å². The molecule has 4 aromatic rings. The lowest BCUT2D eigenvalue weighted by atomic mass is 10.1. The van der Waals surface area contributed by atoms with Crippen molar-refractivity contribution in [2.45, 2.75) is 13.1 Å². The van der Waals surface area contributed by atoms with E-state index in [-0.39, 0.29) is 28.9 Å². The summed E-state index contributed by atoms with van der Waals surface area (Å²) in [5.41, 5.74) is -3.79. The molecule has 0 unspecified atom stereocenters. The zero-order valence-corrected chi connectivity index (χ0v) is 18.7. The monoisotopic (exact) mass is 506 g/mol. The van der Waals surface area contributed by atoms with Crippen molar-refractivity contribution in [2.75, 3.05) is 6.61 Å². The number of alkyl halides is 3. The average Bonchev–Trinajstić information content (AvgIpc) is 3.09. The third kappa shape index (κ3) is 4.21. The lowest BCUT2D eigenvalue weighted by molar-refractivity contribution is -0.137. The van der Waals surface area contributed by atoms with Gasteiger partial charge in [-0.1, -0.05) is 29.8 Å². The summed E-state index contributed by atoms with van der Waals surface area (Å²) in [6, 6.07) is 11.8. The minimum absolute atomic E-state index is 0.0502. The standard InChI is InChI=1S/C24H15ClF4N2O4/c1-2-35-22(33)13-10-11-17(16(26)12-13)30-18-8-3-4-9-19(18)31(23(30)34)21(32)20-14(24(27,28)29)6-5-7-15(20)25/h3-12H,2H2,1H3. The number of imidazole rings is 1. The van der Waals surface area contributed by atoms with Crippen LogP contribution in [0.1, 0.15) is 33.2 Å². The van der Waals surface area contributed by atoms with Crippen molar-refractivity contribution in [3.8, 4) is 5.69 Å². The Morgan fingerprint density at radius 2 is 1.69 bits per heavy atom. The lowest BCUT2D eigenvalue weighted by Crippen LogP contribution is -2.30. The molecule has 0 saturated heterocycles.